The molecule has 2 aromatic rings. The summed E-state index contributed by atoms with van der Waals surface area (Å²) >= 11 is 0. The molecule has 0 fully saturated rings. The number of aliphatic hydroxyl groups is 1. The molecule has 0 saturated heterocycles. The maximum Gasteiger partial charge on any atom is 0.271 e. The number of β-amino-alcohol motifs (C(OH)–C–C–N with tert-alkyl or cyclic N) is 1. The third-order valence-corrected chi connectivity index (χ3v) is 5.38. The van der Waals surface area contributed by atoms with Gasteiger partial charge in [-0.05, 0) is 37.1 Å². The SMILES string of the molecule is COc1ccc(N2C[C@](O)(c3cccc([N+](=O)[O-])c3)[N+]3=C2CCCC3)cc1. The smallest absolute Gasteiger partial charge is 0.271 e. The van der Waals surface area contributed by atoms with Gasteiger partial charge < -0.3 is 9.84 Å². The lowest BCUT2D eigenvalue weighted by Gasteiger charge is -2.24. The molecule has 0 aliphatic carbocycles. The molecule has 140 valence electrons. The van der Waals surface area contributed by atoms with Crippen LogP contribution in [0.3, 0.4) is 0 Å². The van der Waals surface area contributed by atoms with Crippen LogP contribution in [0.25, 0.3) is 0 Å². The van der Waals surface area contributed by atoms with E-state index < -0.39 is 10.6 Å². The summed E-state index contributed by atoms with van der Waals surface area (Å²) in [6.07, 6.45) is 2.91. The number of nitrogens with zero attached hydrogens (tertiary/aromatic N) is 3. The van der Waals surface area contributed by atoms with Crippen LogP contribution in [0.2, 0.25) is 0 Å². The van der Waals surface area contributed by atoms with Crippen LogP contribution in [0.4, 0.5) is 11.4 Å². The number of benzene rings is 2. The number of nitro groups is 1. The molecule has 0 spiro atoms. The first kappa shape index (κ1) is 17.5. The summed E-state index contributed by atoms with van der Waals surface area (Å²) in [7, 11) is 1.63. The van der Waals surface area contributed by atoms with Gasteiger partial charge in [-0.25, -0.2) is 9.48 Å². The van der Waals surface area contributed by atoms with Gasteiger partial charge in [0.15, 0.2) is 6.54 Å². The van der Waals surface area contributed by atoms with Gasteiger partial charge in [-0.2, -0.15) is 0 Å². The number of non-ortho nitro benzene ring substituents is 1. The molecule has 0 amide bonds. The Bertz CT molecular complexity index is 910. The van der Waals surface area contributed by atoms with Crippen molar-refractivity contribution >= 4 is 17.2 Å². The monoisotopic (exact) mass is 368 g/mol. The Morgan fingerprint density at radius 2 is 2.00 bits per heavy atom. The number of hydrogen-bond donors (Lipinski definition) is 1. The standard InChI is InChI=1S/C20H22N3O4/c1-27-18-10-8-16(9-11-18)21-14-20(24,22-12-3-2-7-19(21)22)15-5-4-6-17(13-15)23(25)26/h4-6,8-11,13,24H,2-3,7,12,14H2,1H3/q+1/t20-/m0/s1. The van der Waals surface area contributed by atoms with Crippen LogP contribution >= 0.6 is 0 Å². The second kappa shape index (κ2) is 6.66. The molecular weight excluding hydrogens is 346 g/mol. The van der Waals surface area contributed by atoms with E-state index in [1.54, 1.807) is 19.2 Å². The van der Waals surface area contributed by atoms with Crippen molar-refractivity contribution in [1.82, 2.24) is 0 Å². The quantitative estimate of drug-likeness (QED) is 0.510. The third kappa shape index (κ3) is 2.94. The Morgan fingerprint density at radius 3 is 2.70 bits per heavy atom. The molecule has 2 aliphatic rings. The number of anilines is 1. The first-order valence-corrected chi connectivity index (χ1v) is 9.05. The molecule has 1 atom stereocenters. The highest BCUT2D eigenvalue weighted by molar-refractivity contribution is 5.96. The molecule has 27 heavy (non-hydrogen) atoms. The predicted molar refractivity (Wildman–Crippen MR) is 101 cm³/mol. The first-order chi connectivity index (χ1) is 13.0. The number of amidine groups is 1. The summed E-state index contributed by atoms with van der Waals surface area (Å²) in [4.78, 5) is 12.9. The van der Waals surface area contributed by atoms with Gasteiger partial charge in [-0.1, -0.05) is 12.1 Å². The van der Waals surface area contributed by atoms with E-state index in [1.165, 1.54) is 12.1 Å². The van der Waals surface area contributed by atoms with E-state index in [2.05, 4.69) is 4.90 Å². The lowest BCUT2D eigenvalue weighted by Crippen LogP contribution is -2.41. The Labute approximate surface area is 157 Å². The second-order valence-corrected chi connectivity index (χ2v) is 6.93. The van der Waals surface area contributed by atoms with Gasteiger partial charge in [-0.15, -0.1) is 0 Å². The third-order valence-electron chi connectivity index (χ3n) is 5.38. The minimum absolute atomic E-state index is 0.0117. The number of methoxy groups -OCH3 is 1. The molecule has 2 aliphatic heterocycles. The molecule has 2 heterocycles. The summed E-state index contributed by atoms with van der Waals surface area (Å²) < 4.78 is 7.24. The van der Waals surface area contributed by atoms with E-state index in [-0.39, 0.29) is 5.69 Å². The summed E-state index contributed by atoms with van der Waals surface area (Å²) in [5.41, 5.74) is 0.218. The number of ether oxygens (including phenoxy) is 1. The highest BCUT2D eigenvalue weighted by Gasteiger charge is 2.52. The van der Waals surface area contributed by atoms with Gasteiger partial charge in [-0.3, -0.25) is 10.1 Å². The van der Waals surface area contributed by atoms with Gasteiger partial charge in [0.1, 0.15) is 11.4 Å². The van der Waals surface area contributed by atoms with Gasteiger partial charge in [0.2, 0.25) is 0 Å². The zero-order valence-electron chi connectivity index (χ0n) is 15.2. The van der Waals surface area contributed by atoms with Crippen molar-refractivity contribution in [1.29, 1.82) is 0 Å². The van der Waals surface area contributed by atoms with Crippen molar-refractivity contribution in [3.63, 3.8) is 0 Å². The van der Waals surface area contributed by atoms with Crippen LogP contribution in [0, 0.1) is 10.1 Å². The summed E-state index contributed by atoms with van der Waals surface area (Å²) in [5.74, 6) is 1.83. The molecule has 2 aromatic carbocycles. The lowest BCUT2D eigenvalue weighted by molar-refractivity contribution is -0.661. The topological polar surface area (TPSA) is 78.9 Å². The highest BCUT2D eigenvalue weighted by Crippen LogP contribution is 2.37. The van der Waals surface area contributed by atoms with E-state index in [1.807, 2.05) is 28.8 Å². The number of rotatable bonds is 4. The summed E-state index contributed by atoms with van der Waals surface area (Å²) in [5, 5.41) is 22.8. The molecule has 0 saturated carbocycles. The van der Waals surface area contributed by atoms with Crippen molar-refractivity contribution in [2.45, 2.75) is 25.0 Å². The zero-order valence-corrected chi connectivity index (χ0v) is 15.2. The number of nitro benzene ring substituents is 1. The second-order valence-electron chi connectivity index (χ2n) is 6.93. The average molecular weight is 368 g/mol. The molecule has 4 rings (SSSR count). The van der Waals surface area contributed by atoms with Crippen molar-refractivity contribution < 1.29 is 19.3 Å². The Hall–Kier alpha value is -2.93. The molecule has 0 aromatic heterocycles. The fraction of sp³-hybridized carbons (Fsp3) is 0.350. The fourth-order valence-electron chi connectivity index (χ4n) is 4.01. The summed E-state index contributed by atoms with van der Waals surface area (Å²) in [6, 6.07) is 14.0. The zero-order chi connectivity index (χ0) is 19.0. The molecule has 0 unspecified atom stereocenters. The van der Waals surface area contributed by atoms with E-state index in [0.717, 1.165) is 43.1 Å². The maximum absolute atomic E-state index is 11.6. The van der Waals surface area contributed by atoms with E-state index in [9.17, 15) is 15.2 Å². The number of hydrogen-bond acceptors (Lipinski definition) is 5. The van der Waals surface area contributed by atoms with Crippen LogP contribution in [-0.4, -0.2) is 40.6 Å². The van der Waals surface area contributed by atoms with Crippen LogP contribution in [0.1, 0.15) is 24.8 Å². The van der Waals surface area contributed by atoms with Crippen molar-refractivity contribution in [2.75, 3.05) is 25.1 Å². The Kier molecular flexibility index (Phi) is 4.31. The van der Waals surface area contributed by atoms with Crippen LogP contribution in [0.15, 0.2) is 48.5 Å². The predicted octanol–water partition coefficient (Wildman–Crippen LogP) is 2.86. The summed E-state index contributed by atoms with van der Waals surface area (Å²) in [6.45, 7) is 1.05. The molecule has 0 radical (unpaired) electrons. The van der Waals surface area contributed by atoms with Crippen LogP contribution < -0.4 is 9.64 Å². The normalized spacial score (nSPS) is 21.9. The minimum atomic E-state index is -1.29. The van der Waals surface area contributed by atoms with Gasteiger partial charge in [0.05, 0.1) is 18.6 Å². The van der Waals surface area contributed by atoms with Crippen molar-refractivity contribution in [3.05, 3.63) is 64.2 Å². The molecule has 7 heteroatoms. The lowest BCUT2D eigenvalue weighted by atomic mass is 10.0. The van der Waals surface area contributed by atoms with Gasteiger partial charge in [0, 0.05) is 24.1 Å². The van der Waals surface area contributed by atoms with Crippen LogP contribution in [0.5, 0.6) is 5.75 Å². The highest BCUT2D eigenvalue weighted by atomic mass is 16.6. The molecule has 7 nitrogen and oxygen atoms in total. The van der Waals surface area contributed by atoms with E-state index >= 15 is 0 Å². The van der Waals surface area contributed by atoms with Gasteiger partial charge >= 0.3 is 0 Å². The van der Waals surface area contributed by atoms with E-state index in [0.29, 0.717) is 12.1 Å². The molecular formula is C20H22N3O4+. The largest absolute Gasteiger partial charge is 0.497 e. The average Bonchev–Trinajstić information content (AvgIpc) is 3.02. The van der Waals surface area contributed by atoms with Crippen molar-refractivity contribution in [2.24, 2.45) is 0 Å². The molecule has 0 bridgehead atoms. The van der Waals surface area contributed by atoms with Crippen LogP contribution in [-0.2, 0) is 5.72 Å². The Balaban J connectivity index is 1.77. The maximum atomic E-state index is 11.6. The minimum Gasteiger partial charge on any atom is -0.497 e. The van der Waals surface area contributed by atoms with E-state index in [4.69, 9.17) is 4.74 Å². The Morgan fingerprint density at radius 1 is 1.22 bits per heavy atom. The van der Waals surface area contributed by atoms with Gasteiger partial charge in [0.25, 0.3) is 17.2 Å². The fourth-order valence-corrected chi connectivity index (χ4v) is 4.01. The molecule has 1 N–H and O–H groups in total. The van der Waals surface area contributed by atoms with Crippen molar-refractivity contribution in [3.8, 4) is 5.75 Å². The first-order valence-electron chi connectivity index (χ1n) is 9.05.